The fraction of sp³-hybridized carbons (Fsp3) is 0.179. The van der Waals surface area contributed by atoms with Crippen molar-refractivity contribution in [3.63, 3.8) is 0 Å². The number of para-hydroxylation sites is 2. The minimum absolute atomic E-state index is 0.0294. The molecule has 11 heteroatoms. The summed E-state index contributed by atoms with van der Waals surface area (Å²) in [5.74, 6) is 1.33. The van der Waals surface area contributed by atoms with Gasteiger partial charge in [-0.3, -0.25) is 15.1 Å². The van der Waals surface area contributed by atoms with Gasteiger partial charge in [-0.25, -0.2) is 0 Å². The molecule has 0 aliphatic carbocycles. The summed E-state index contributed by atoms with van der Waals surface area (Å²) in [5, 5.41) is 11.7. The second kappa shape index (κ2) is 11.1. The van der Waals surface area contributed by atoms with Gasteiger partial charge in [0.15, 0.2) is 16.4 Å². The highest BCUT2D eigenvalue weighted by Crippen LogP contribution is 2.41. The summed E-state index contributed by atoms with van der Waals surface area (Å²) in [4.78, 5) is 15.2. The third-order valence-electron chi connectivity index (χ3n) is 6.44. The second-order valence-electron chi connectivity index (χ2n) is 8.76. The molecule has 4 aromatic rings. The summed E-state index contributed by atoms with van der Waals surface area (Å²) in [5.41, 5.74) is 1.82. The van der Waals surface area contributed by atoms with Crippen molar-refractivity contribution >= 4 is 21.4 Å². The lowest BCUT2D eigenvalue weighted by atomic mass is 10.1. The van der Waals surface area contributed by atoms with E-state index < -0.39 is 24.5 Å². The van der Waals surface area contributed by atoms with Crippen molar-refractivity contribution in [1.29, 1.82) is 0 Å². The third-order valence-corrected chi connectivity index (χ3v) is 8.74. The quantitative estimate of drug-likeness (QED) is 0.150. The van der Waals surface area contributed by atoms with Crippen molar-refractivity contribution in [3.05, 3.63) is 101 Å². The van der Waals surface area contributed by atoms with Crippen molar-refractivity contribution in [1.82, 2.24) is 8.87 Å². The van der Waals surface area contributed by atoms with Crippen LogP contribution in [0.25, 0.3) is 11.3 Å². The van der Waals surface area contributed by atoms with Crippen molar-refractivity contribution in [2.24, 2.45) is 0 Å². The molecule has 0 fully saturated rings. The SMILES string of the molecule is COc1cc(-c2cc(C[N+](C)(c3ccccc3)S(=O)(=O)c3ccccc3[N+](=O)[O-])ccn2)cc(OC)c1OC. The highest BCUT2D eigenvalue weighted by molar-refractivity contribution is 7.91. The van der Waals surface area contributed by atoms with Crippen LogP contribution in [0.2, 0.25) is 0 Å². The molecule has 4 rings (SSSR count). The molecule has 1 heterocycles. The highest BCUT2D eigenvalue weighted by atomic mass is 32.2. The van der Waals surface area contributed by atoms with Gasteiger partial charge >= 0.3 is 10.0 Å². The standard InChI is InChI=1S/C28H28N3O7S/c1-31(22-10-6-5-7-11-22,39(34,35)27-13-9-8-12-24(27)30(32)33)19-20-14-15-29-23(16-20)21-17-25(36-2)28(38-4)26(18-21)37-3/h5-18H,19H2,1-4H3/q+1. The first-order valence-electron chi connectivity index (χ1n) is 11.8. The van der Waals surface area contributed by atoms with E-state index in [0.717, 1.165) is 0 Å². The van der Waals surface area contributed by atoms with Crippen LogP contribution < -0.4 is 18.1 Å². The predicted molar refractivity (Wildman–Crippen MR) is 147 cm³/mol. The zero-order chi connectivity index (χ0) is 28.2. The number of aromatic nitrogens is 1. The topological polar surface area (TPSA) is 118 Å². The largest absolute Gasteiger partial charge is 0.493 e. The maximum absolute atomic E-state index is 14.2. The number of hydrogen-bond donors (Lipinski definition) is 0. The number of nitro groups is 1. The van der Waals surface area contributed by atoms with Crippen molar-refractivity contribution in [2.75, 3.05) is 28.4 Å². The Morgan fingerprint density at radius 1 is 0.872 bits per heavy atom. The minimum Gasteiger partial charge on any atom is -0.493 e. The van der Waals surface area contributed by atoms with Crippen LogP contribution in [0.5, 0.6) is 17.2 Å². The first-order valence-corrected chi connectivity index (χ1v) is 13.3. The van der Waals surface area contributed by atoms with Gasteiger partial charge in [-0.15, -0.1) is 0 Å². The average molecular weight is 551 g/mol. The molecule has 202 valence electrons. The molecule has 0 radical (unpaired) electrons. The van der Waals surface area contributed by atoms with E-state index in [2.05, 4.69) is 4.98 Å². The maximum atomic E-state index is 14.2. The van der Waals surface area contributed by atoms with Crippen molar-refractivity contribution in [2.45, 2.75) is 11.4 Å². The van der Waals surface area contributed by atoms with Gasteiger partial charge in [0.05, 0.1) is 39.0 Å². The van der Waals surface area contributed by atoms with E-state index in [1.54, 1.807) is 60.8 Å². The lowest BCUT2D eigenvalue weighted by molar-refractivity contribution is -0.387. The predicted octanol–water partition coefficient (Wildman–Crippen LogP) is 5.21. The third kappa shape index (κ3) is 5.14. The molecule has 0 aliphatic heterocycles. The van der Waals surface area contributed by atoms with E-state index in [0.29, 0.717) is 39.8 Å². The molecule has 0 aliphatic rings. The van der Waals surface area contributed by atoms with Gasteiger partial charge < -0.3 is 14.2 Å². The molecule has 3 aromatic carbocycles. The molecule has 0 bridgehead atoms. The van der Waals surface area contributed by atoms with Crippen LogP contribution in [-0.2, 0) is 16.6 Å². The molecule has 0 N–H and O–H groups in total. The summed E-state index contributed by atoms with van der Waals surface area (Å²) >= 11 is 0. The number of nitro benzene ring substituents is 1. The van der Waals surface area contributed by atoms with E-state index >= 15 is 0 Å². The first-order chi connectivity index (χ1) is 18.7. The van der Waals surface area contributed by atoms with Crippen LogP contribution in [0.3, 0.4) is 0 Å². The lowest BCUT2D eigenvalue weighted by Gasteiger charge is -2.32. The highest BCUT2D eigenvalue weighted by Gasteiger charge is 2.45. The monoisotopic (exact) mass is 550 g/mol. The summed E-state index contributed by atoms with van der Waals surface area (Å²) < 4.78 is 44.1. The summed E-state index contributed by atoms with van der Waals surface area (Å²) in [6.45, 7) is -0.0294. The minimum atomic E-state index is -4.32. The average Bonchev–Trinajstić information content (AvgIpc) is 2.96. The Bertz CT molecular complexity index is 1590. The van der Waals surface area contributed by atoms with Crippen molar-refractivity contribution < 1.29 is 27.6 Å². The van der Waals surface area contributed by atoms with E-state index in [1.165, 1.54) is 52.6 Å². The molecular weight excluding hydrogens is 522 g/mol. The normalized spacial score (nSPS) is 12.8. The zero-order valence-corrected chi connectivity index (χ0v) is 22.7. The van der Waals surface area contributed by atoms with Gasteiger partial charge in [0.1, 0.15) is 12.2 Å². The van der Waals surface area contributed by atoms with Crippen LogP contribution in [0.4, 0.5) is 11.4 Å². The van der Waals surface area contributed by atoms with Gasteiger partial charge in [0, 0.05) is 35.5 Å². The van der Waals surface area contributed by atoms with E-state index in [1.807, 2.05) is 0 Å². The fourth-order valence-corrected chi connectivity index (χ4v) is 6.22. The number of hydrogen-bond acceptors (Lipinski definition) is 8. The van der Waals surface area contributed by atoms with Crippen LogP contribution >= 0.6 is 0 Å². The Morgan fingerprint density at radius 3 is 2.08 bits per heavy atom. The fourth-order valence-electron chi connectivity index (χ4n) is 4.41. The van der Waals surface area contributed by atoms with Crippen LogP contribution in [0, 0.1) is 10.1 Å². The number of rotatable bonds is 10. The number of ether oxygens (including phenoxy) is 3. The smallest absolute Gasteiger partial charge is 0.339 e. The Kier molecular flexibility index (Phi) is 7.84. The van der Waals surface area contributed by atoms with Crippen LogP contribution in [0.1, 0.15) is 5.56 Å². The van der Waals surface area contributed by atoms with Crippen LogP contribution in [-0.4, -0.2) is 46.7 Å². The zero-order valence-electron chi connectivity index (χ0n) is 21.9. The Labute approximate surface area is 226 Å². The summed E-state index contributed by atoms with van der Waals surface area (Å²) in [7, 11) is 1.76. The van der Waals surface area contributed by atoms with Gasteiger partial charge in [-0.2, -0.15) is 12.3 Å². The molecule has 0 amide bonds. The van der Waals surface area contributed by atoms with Gasteiger partial charge in [0.25, 0.3) is 5.69 Å². The molecule has 1 unspecified atom stereocenters. The molecule has 0 saturated heterocycles. The molecule has 0 saturated carbocycles. The van der Waals surface area contributed by atoms with E-state index in [4.69, 9.17) is 14.2 Å². The van der Waals surface area contributed by atoms with Crippen LogP contribution in [0.15, 0.2) is 90.0 Å². The number of nitrogens with zero attached hydrogens (tertiary/aromatic N) is 3. The van der Waals surface area contributed by atoms with Gasteiger partial charge in [-0.1, -0.05) is 30.3 Å². The van der Waals surface area contributed by atoms with E-state index in [-0.39, 0.29) is 11.4 Å². The molecule has 10 nitrogen and oxygen atoms in total. The lowest BCUT2D eigenvalue weighted by Crippen LogP contribution is -2.49. The first kappa shape index (κ1) is 27.6. The number of quaternary nitrogens is 1. The Morgan fingerprint density at radius 2 is 1.49 bits per heavy atom. The number of methoxy groups -OCH3 is 3. The summed E-state index contributed by atoms with van der Waals surface area (Å²) in [6, 6.07) is 21.0. The number of pyridine rings is 1. The Balaban J connectivity index is 1.85. The molecule has 1 aromatic heterocycles. The number of benzene rings is 3. The second-order valence-corrected chi connectivity index (χ2v) is 11.0. The van der Waals surface area contributed by atoms with Gasteiger partial charge in [0.2, 0.25) is 5.75 Å². The van der Waals surface area contributed by atoms with Gasteiger partial charge in [-0.05, 0) is 30.3 Å². The van der Waals surface area contributed by atoms with E-state index in [9.17, 15) is 18.5 Å². The molecule has 39 heavy (non-hydrogen) atoms. The molecular formula is C28H28N3O7S+. The number of sulfonamides is 1. The molecule has 1 atom stereocenters. The Hall–Kier alpha value is -4.48. The molecule has 0 spiro atoms. The maximum Gasteiger partial charge on any atom is 0.339 e. The van der Waals surface area contributed by atoms with Crippen molar-refractivity contribution in [3.8, 4) is 28.5 Å². The summed E-state index contributed by atoms with van der Waals surface area (Å²) in [6.07, 6.45) is 1.58.